The zero-order valence-electron chi connectivity index (χ0n) is 10.8. The molecule has 1 aliphatic carbocycles. The molecule has 1 saturated carbocycles. The number of nitrogens with one attached hydrogen (secondary N) is 1. The van der Waals surface area contributed by atoms with Crippen LogP contribution in [-0.4, -0.2) is 25.9 Å². The molecule has 0 spiro atoms. The van der Waals surface area contributed by atoms with Crippen molar-refractivity contribution in [1.82, 2.24) is 4.72 Å². The molecule has 0 aliphatic heterocycles. The fourth-order valence-electron chi connectivity index (χ4n) is 1.87. The number of hydrogen-bond acceptors (Lipinski definition) is 5. The zero-order valence-corrected chi connectivity index (χ0v) is 13.1. The van der Waals surface area contributed by atoms with Gasteiger partial charge in [-0.15, -0.1) is 0 Å². The van der Waals surface area contributed by atoms with E-state index in [1.54, 1.807) is 0 Å². The smallest absolute Gasteiger partial charge is 0.307 e. The van der Waals surface area contributed by atoms with Crippen LogP contribution in [0.2, 0.25) is 10.0 Å². The molecule has 1 aromatic rings. The molecule has 1 aliphatic rings. The minimum Gasteiger partial charge on any atom is -0.326 e. The van der Waals surface area contributed by atoms with Gasteiger partial charge in [0.05, 0.1) is 4.92 Å². The van der Waals surface area contributed by atoms with Crippen molar-refractivity contribution in [3.05, 3.63) is 32.3 Å². The Labute approximate surface area is 131 Å². The van der Waals surface area contributed by atoms with E-state index < -0.39 is 25.7 Å². The van der Waals surface area contributed by atoms with Gasteiger partial charge in [0.1, 0.15) is 14.9 Å². The Morgan fingerprint density at radius 3 is 2.57 bits per heavy atom. The predicted octanol–water partition coefficient (Wildman–Crippen LogP) is 1.92. The quantitative estimate of drug-likeness (QED) is 0.598. The van der Waals surface area contributed by atoms with Gasteiger partial charge in [-0.3, -0.25) is 10.1 Å². The summed E-state index contributed by atoms with van der Waals surface area (Å²) in [6, 6.07) is 1.98. The van der Waals surface area contributed by atoms with Crippen molar-refractivity contribution in [2.24, 2.45) is 11.7 Å². The number of benzene rings is 1. The van der Waals surface area contributed by atoms with Crippen LogP contribution in [0.3, 0.4) is 0 Å². The lowest BCUT2D eigenvalue weighted by atomic mass is 10.2. The van der Waals surface area contributed by atoms with Gasteiger partial charge in [0, 0.05) is 12.6 Å². The summed E-state index contributed by atoms with van der Waals surface area (Å²) in [5.74, 6) is 0.322. The molecule has 10 heteroatoms. The third-order valence-electron chi connectivity index (χ3n) is 3.24. The average Bonchev–Trinajstić information content (AvgIpc) is 3.19. The van der Waals surface area contributed by atoms with E-state index in [9.17, 15) is 18.5 Å². The van der Waals surface area contributed by atoms with Gasteiger partial charge in [0.15, 0.2) is 0 Å². The molecule has 2 rings (SSSR count). The Balaban J connectivity index is 2.27. The molecule has 0 amide bonds. The van der Waals surface area contributed by atoms with Crippen molar-refractivity contribution >= 4 is 38.9 Å². The summed E-state index contributed by atoms with van der Waals surface area (Å²) in [5.41, 5.74) is 5.18. The van der Waals surface area contributed by atoms with Crippen LogP contribution in [0.1, 0.15) is 12.8 Å². The lowest BCUT2D eigenvalue weighted by Gasteiger charge is -2.13. The van der Waals surface area contributed by atoms with Crippen LogP contribution in [0.4, 0.5) is 5.69 Å². The lowest BCUT2D eigenvalue weighted by molar-refractivity contribution is -0.384. The topological polar surface area (TPSA) is 115 Å². The van der Waals surface area contributed by atoms with Gasteiger partial charge in [-0.2, -0.15) is 0 Å². The molecule has 1 unspecified atom stereocenters. The van der Waals surface area contributed by atoms with Crippen LogP contribution in [0.25, 0.3) is 0 Å². The number of rotatable bonds is 6. The number of sulfonamides is 1. The number of halogens is 2. The largest absolute Gasteiger partial charge is 0.326 e. The second kappa shape index (κ2) is 6.05. The molecule has 1 fully saturated rings. The SMILES string of the molecule is NC(CNS(=O)(=O)c1ccc(Cl)c([N+](=O)[O-])c1Cl)C1CC1. The van der Waals surface area contributed by atoms with Gasteiger partial charge in [-0.1, -0.05) is 23.2 Å². The molecule has 1 aromatic carbocycles. The lowest BCUT2D eigenvalue weighted by Crippen LogP contribution is -2.38. The predicted molar refractivity (Wildman–Crippen MR) is 79.0 cm³/mol. The Hall–Kier alpha value is -0.930. The van der Waals surface area contributed by atoms with Gasteiger partial charge >= 0.3 is 5.69 Å². The van der Waals surface area contributed by atoms with Crippen LogP contribution in [0.15, 0.2) is 17.0 Å². The van der Waals surface area contributed by atoms with E-state index in [-0.39, 0.29) is 22.5 Å². The second-order valence-corrected chi connectivity index (χ2v) is 7.34. The van der Waals surface area contributed by atoms with E-state index in [1.807, 2.05) is 0 Å². The molecule has 0 saturated heterocycles. The molecule has 0 bridgehead atoms. The third kappa shape index (κ3) is 3.64. The number of nitro groups is 1. The number of nitrogens with zero attached hydrogens (tertiary/aromatic N) is 1. The van der Waals surface area contributed by atoms with E-state index in [4.69, 9.17) is 28.9 Å². The molecule has 7 nitrogen and oxygen atoms in total. The number of nitro benzene ring substituents is 1. The van der Waals surface area contributed by atoms with Crippen LogP contribution in [-0.2, 0) is 10.0 Å². The Morgan fingerprint density at radius 1 is 1.43 bits per heavy atom. The molecular weight excluding hydrogens is 341 g/mol. The summed E-state index contributed by atoms with van der Waals surface area (Å²) < 4.78 is 26.7. The van der Waals surface area contributed by atoms with Crippen LogP contribution in [0.5, 0.6) is 0 Å². The van der Waals surface area contributed by atoms with E-state index in [0.29, 0.717) is 5.92 Å². The molecule has 0 aromatic heterocycles. The summed E-state index contributed by atoms with van der Waals surface area (Å²) in [7, 11) is -3.99. The maximum Gasteiger partial charge on any atom is 0.307 e. The van der Waals surface area contributed by atoms with E-state index >= 15 is 0 Å². The highest BCUT2D eigenvalue weighted by molar-refractivity contribution is 7.89. The summed E-state index contributed by atoms with van der Waals surface area (Å²) in [4.78, 5) is 9.68. The fraction of sp³-hybridized carbons (Fsp3) is 0.455. The molecular formula is C11H13Cl2N3O4S. The first-order valence-corrected chi connectivity index (χ1v) is 8.35. The first-order valence-electron chi connectivity index (χ1n) is 6.11. The number of nitrogens with two attached hydrogens (primary N) is 1. The van der Waals surface area contributed by atoms with Crippen molar-refractivity contribution in [1.29, 1.82) is 0 Å². The van der Waals surface area contributed by atoms with Gasteiger partial charge in [0.25, 0.3) is 0 Å². The van der Waals surface area contributed by atoms with E-state index in [2.05, 4.69) is 4.72 Å². The maximum absolute atomic E-state index is 12.2. The molecule has 1 atom stereocenters. The van der Waals surface area contributed by atoms with Gasteiger partial charge < -0.3 is 5.73 Å². The minimum absolute atomic E-state index is 0.0553. The van der Waals surface area contributed by atoms with Crippen molar-refractivity contribution in [2.45, 2.75) is 23.8 Å². The first kappa shape index (κ1) is 16.4. The zero-order chi connectivity index (χ0) is 15.8. The van der Waals surface area contributed by atoms with E-state index in [0.717, 1.165) is 25.0 Å². The highest BCUT2D eigenvalue weighted by Crippen LogP contribution is 2.37. The Kier molecular flexibility index (Phi) is 4.74. The van der Waals surface area contributed by atoms with Crippen molar-refractivity contribution < 1.29 is 13.3 Å². The summed E-state index contributed by atoms with van der Waals surface area (Å²) >= 11 is 11.5. The summed E-state index contributed by atoms with van der Waals surface area (Å²) in [5, 5.41) is 10.1. The molecule has 21 heavy (non-hydrogen) atoms. The van der Waals surface area contributed by atoms with Crippen LogP contribution in [0, 0.1) is 16.0 Å². The van der Waals surface area contributed by atoms with E-state index in [1.165, 1.54) is 0 Å². The van der Waals surface area contributed by atoms with Crippen LogP contribution >= 0.6 is 23.2 Å². The van der Waals surface area contributed by atoms with Gasteiger partial charge in [-0.25, -0.2) is 13.1 Å². The Bertz CT molecular complexity index is 676. The third-order valence-corrected chi connectivity index (χ3v) is 5.51. The summed E-state index contributed by atoms with van der Waals surface area (Å²) in [6.45, 7) is 0.0553. The van der Waals surface area contributed by atoms with Gasteiger partial charge in [-0.05, 0) is 30.9 Å². The normalized spacial score (nSPS) is 16.7. The summed E-state index contributed by atoms with van der Waals surface area (Å²) in [6.07, 6.45) is 1.96. The monoisotopic (exact) mass is 353 g/mol. The molecule has 3 N–H and O–H groups in total. The standard InChI is InChI=1S/C11H13Cl2N3O4S/c12-7-3-4-9(10(13)11(7)16(17)18)21(19,20)15-5-8(14)6-1-2-6/h3-4,6,8,15H,1-2,5,14H2. The Morgan fingerprint density at radius 2 is 2.05 bits per heavy atom. The molecule has 116 valence electrons. The maximum atomic E-state index is 12.2. The van der Waals surface area contributed by atoms with Crippen LogP contribution < -0.4 is 10.5 Å². The second-order valence-electron chi connectivity index (χ2n) is 4.82. The van der Waals surface area contributed by atoms with Crippen molar-refractivity contribution in [2.75, 3.05) is 6.54 Å². The molecule has 0 radical (unpaired) electrons. The highest BCUT2D eigenvalue weighted by Gasteiger charge is 2.31. The van der Waals surface area contributed by atoms with Gasteiger partial charge in [0.2, 0.25) is 10.0 Å². The molecule has 0 heterocycles. The number of hydrogen-bond donors (Lipinski definition) is 2. The first-order chi connectivity index (χ1) is 9.74. The highest BCUT2D eigenvalue weighted by atomic mass is 35.5. The van der Waals surface area contributed by atoms with Crippen molar-refractivity contribution in [3.63, 3.8) is 0 Å². The van der Waals surface area contributed by atoms with Crippen molar-refractivity contribution in [3.8, 4) is 0 Å². The minimum atomic E-state index is -3.99. The fourth-order valence-corrected chi connectivity index (χ4v) is 3.83. The average molecular weight is 354 g/mol.